The monoisotopic (exact) mass is 302 g/mol. The van der Waals surface area contributed by atoms with Crippen molar-refractivity contribution in [2.75, 3.05) is 25.2 Å². The molecule has 0 aromatic heterocycles. The van der Waals surface area contributed by atoms with Crippen molar-refractivity contribution in [3.05, 3.63) is 28.3 Å². The second kappa shape index (κ2) is 5.76. The van der Waals surface area contributed by atoms with Gasteiger partial charge in [-0.2, -0.15) is 0 Å². The van der Waals surface area contributed by atoms with Crippen molar-refractivity contribution in [3.63, 3.8) is 0 Å². The molecule has 0 fully saturated rings. The fourth-order valence-corrected chi connectivity index (χ4v) is 2.32. The third kappa shape index (κ3) is 4.17. The first kappa shape index (κ1) is 16.4. The largest absolute Gasteiger partial charge is 0.382 e. The van der Waals surface area contributed by atoms with E-state index in [1.165, 1.54) is 18.2 Å². The van der Waals surface area contributed by atoms with Crippen molar-refractivity contribution in [2.45, 2.75) is 24.3 Å². The minimum Gasteiger partial charge on any atom is -0.382 e. The van der Waals surface area contributed by atoms with Gasteiger partial charge in [0.05, 0.1) is 10.5 Å². The van der Waals surface area contributed by atoms with Crippen LogP contribution in [0.2, 0.25) is 0 Å². The molecule has 0 aliphatic carbocycles. The lowest BCUT2D eigenvalue weighted by Crippen LogP contribution is -2.32. The molecule has 0 aliphatic heterocycles. The predicted octanol–water partition coefficient (Wildman–Crippen LogP) is 1.84. The molecule has 0 aliphatic rings. The Bertz CT molecular complexity index is 610. The molecular weight excluding hydrogens is 284 g/mol. The van der Waals surface area contributed by atoms with E-state index in [0.717, 1.165) is 6.26 Å². The summed E-state index contributed by atoms with van der Waals surface area (Å²) >= 11 is 0. The van der Waals surface area contributed by atoms with Gasteiger partial charge in [-0.3, -0.25) is 10.1 Å². The molecule has 1 aromatic carbocycles. The summed E-state index contributed by atoms with van der Waals surface area (Å²) in [5.41, 5.74) is -0.377. The highest BCUT2D eigenvalue weighted by Gasteiger charge is 2.23. The number of sulfone groups is 1. The summed E-state index contributed by atoms with van der Waals surface area (Å²) in [6, 6.07) is 3.91. The van der Waals surface area contributed by atoms with E-state index >= 15 is 0 Å². The van der Waals surface area contributed by atoms with E-state index in [9.17, 15) is 18.5 Å². The number of hydrogen-bond donors (Lipinski definition) is 1. The molecule has 0 radical (unpaired) electrons. The third-order valence-electron chi connectivity index (χ3n) is 2.83. The van der Waals surface area contributed by atoms with E-state index in [0.29, 0.717) is 12.2 Å². The summed E-state index contributed by atoms with van der Waals surface area (Å²) in [5, 5.41) is 13.8. The van der Waals surface area contributed by atoms with Gasteiger partial charge in [0.1, 0.15) is 4.90 Å². The summed E-state index contributed by atoms with van der Waals surface area (Å²) in [6.45, 7) is 4.16. The Morgan fingerprint density at radius 3 is 2.45 bits per heavy atom. The number of ether oxygens (including phenoxy) is 1. The Labute approximate surface area is 118 Å². The Morgan fingerprint density at radius 2 is 2.00 bits per heavy atom. The lowest BCUT2D eigenvalue weighted by Gasteiger charge is -2.23. The zero-order valence-corrected chi connectivity index (χ0v) is 12.7. The number of nitrogens with zero attached hydrogens (tertiary/aromatic N) is 1. The van der Waals surface area contributed by atoms with Crippen molar-refractivity contribution < 1.29 is 18.1 Å². The molecule has 0 unspecified atom stereocenters. The molecule has 112 valence electrons. The van der Waals surface area contributed by atoms with Gasteiger partial charge in [0.25, 0.3) is 5.69 Å². The molecule has 0 amide bonds. The summed E-state index contributed by atoms with van der Waals surface area (Å²) in [4.78, 5) is 9.83. The van der Waals surface area contributed by atoms with Gasteiger partial charge in [-0.25, -0.2) is 8.42 Å². The fraction of sp³-hybridized carbons (Fsp3) is 0.500. The fourth-order valence-electron chi connectivity index (χ4n) is 1.46. The van der Waals surface area contributed by atoms with E-state index in [1.807, 2.05) is 13.8 Å². The normalized spacial score (nSPS) is 12.2. The first-order valence-electron chi connectivity index (χ1n) is 5.84. The summed E-state index contributed by atoms with van der Waals surface area (Å²) in [6.07, 6.45) is 0.943. The predicted molar refractivity (Wildman–Crippen MR) is 75.8 cm³/mol. The smallest absolute Gasteiger partial charge is 0.288 e. The van der Waals surface area contributed by atoms with Gasteiger partial charge in [-0.15, -0.1) is 0 Å². The number of methoxy groups -OCH3 is 1. The van der Waals surface area contributed by atoms with Crippen LogP contribution in [0.1, 0.15) is 13.8 Å². The molecule has 1 rings (SSSR count). The summed E-state index contributed by atoms with van der Waals surface area (Å²) in [7, 11) is -2.10. The van der Waals surface area contributed by atoms with E-state index in [-0.39, 0.29) is 4.90 Å². The molecule has 0 heterocycles. The molecule has 0 atom stereocenters. The van der Waals surface area contributed by atoms with Crippen molar-refractivity contribution in [1.29, 1.82) is 0 Å². The van der Waals surface area contributed by atoms with E-state index in [1.54, 1.807) is 7.11 Å². The van der Waals surface area contributed by atoms with Crippen LogP contribution in [0.15, 0.2) is 23.1 Å². The Balaban J connectivity index is 3.12. The summed E-state index contributed by atoms with van der Waals surface area (Å²) < 4.78 is 28.5. The zero-order chi connectivity index (χ0) is 15.6. The highest BCUT2D eigenvalue weighted by Crippen LogP contribution is 2.27. The average molecular weight is 302 g/mol. The lowest BCUT2D eigenvalue weighted by atomic mass is 10.1. The number of rotatable bonds is 6. The standard InChI is InChI=1S/C12H18N2O5S/c1-12(2,19-3)8-13-9-5-6-10(14(15)16)11(7-9)20(4,17)18/h5-7,13H,8H2,1-4H3. The molecule has 1 N–H and O–H groups in total. The maximum Gasteiger partial charge on any atom is 0.288 e. The van der Waals surface area contributed by atoms with Crippen LogP contribution in [-0.4, -0.2) is 38.9 Å². The van der Waals surface area contributed by atoms with Gasteiger partial charge in [0.15, 0.2) is 9.84 Å². The zero-order valence-electron chi connectivity index (χ0n) is 11.8. The second-order valence-electron chi connectivity index (χ2n) is 5.03. The van der Waals surface area contributed by atoms with Crippen LogP contribution >= 0.6 is 0 Å². The number of nitro benzene ring substituents is 1. The molecule has 0 spiro atoms. The van der Waals surface area contributed by atoms with Crippen molar-refractivity contribution in [2.24, 2.45) is 0 Å². The minimum atomic E-state index is -3.67. The maximum absolute atomic E-state index is 11.6. The number of benzene rings is 1. The molecule has 0 saturated carbocycles. The third-order valence-corrected chi connectivity index (χ3v) is 3.95. The highest BCUT2D eigenvalue weighted by atomic mass is 32.2. The molecular formula is C12H18N2O5S. The van der Waals surface area contributed by atoms with Crippen LogP contribution in [0.5, 0.6) is 0 Å². The molecule has 8 heteroatoms. The molecule has 0 bridgehead atoms. The van der Waals surface area contributed by atoms with Gasteiger partial charge in [-0.1, -0.05) is 0 Å². The lowest BCUT2D eigenvalue weighted by molar-refractivity contribution is -0.387. The number of nitro groups is 1. The van der Waals surface area contributed by atoms with Crippen molar-refractivity contribution >= 4 is 21.2 Å². The molecule has 20 heavy (non-hydrogen) atoms. The molecule has 0 saturated heterocycles. The van der Waals surface area contributed by atoms with Gasteiger partial charge in [0.2, 0.25) is 0 Å². The van der Waals surface area contributed by atoms with E-state index in [4.69, 9.17) is 4.74 Å². The minimum absolute atomic E-state index is 0.303. The first-order chi connectivity index (χ1) is 9.07. The Kier molecular flexibility index (Phi) is 4.72. The SMILES string of the molecule is COC(C)(C)CNc1ccc([N+](=O)[O-])c(S(C)(=O)=O)c1. The van der Waals surface area contributed by atoms with Crippen molar-refractivity contribution in [3.8, 4) is 0 Å². The van der Waals surface area contributed by atoms with Crippen LogP contribution < -0.4 is 5.32 Å². The van der Waals surface area contributed by atoms with Crippen LogP contribution in [0, 0.1) is 10.1 Å². The van der Waals surface area contributed by atoms with Gasteiger partial charge in [-0.05, 0) is 26.0 Å². The number of hydrogen-bond acceptors (Lipinski definition) is 6. The van der Waals surface area contributed by atoms with Gasteiger partial charge in [0, 0.05) is 31.7 Å². The summed E-state index contributed by atoms with van der Waals surface area (Å²) in [5.74, 6) is 0. The van der Waals surface area contributed by atoms with Crippen LogP contribution in [-0.2, 0) is 14.6 Å². The van der Waals surface area contributed by atoms with Crippen molar-refractivity contribution in [1.82, 2.24) is 0 Å². The Hall–Kier alpha value is -1.67. The first-order valence-corrected chi connectivity index (χ1v) is 7.73. The van der Waals surface area contributed by atoms with Crippen LogP contribution in [0.4, 0.5) is 11.4 Å². The van der Waals surface area contributed by atoms with Crippen LogP contribution in [0.25, 0.3) is 0 Å². The van der Waals surface area contributed by atoms with Crippen LogP contribution in [0.3, 0.4) is 0 Å². The highest BCUT2D eigenvalue weighted by molar-refractivity contribution is 7.90. The topological polar surface area (TPSA) is 98.5 Å². The molecule has 1 aromatic rings. The quantitative estimate of drug-likeness (QED) is 0.636. The number of nitrogens with one attached hydrogen (secondary N) is 1. The molecule has 7 nitrogen and oxygen atoms in total. The van der Waals surface area contributed by atoms with Gasteiger partial charge < -0.3 is 10.1 Å². The maximum atomic E-state index is 11.6. The van der Waals surface area contributed by atoms with Gasteiger partial charge >= 0.3 is 0 Å². The van der Waals surface area contributed by atoms with E-state index in [2.05, 4.69) is 5.32 Å². The van der Waals surface area contributed by atoms with E-state index < -0.39 is 26.0 Å². The second-order valence-corrected chi connectivity index (χ2v) is 7.01. The number of anilines is 1. The average Bonchev–Trinajstić information content (AvgIpc) is 2.35. The Morgan fingerprint density at radius 1 is 1.40 bits per heavy atom.